The van der Waals surface area contributed by atoms with Crippen LogP contribution < -0.4 is 5.32 Å². The molecule has 0 aromatic heterocycles. The minimum Gasteiger partial charge on any atom is -0.322 e. The topological polar surface area (TPSA) is 29.1 Å². The van der Waals surface area contributed by atoms with E-state index in [0.29, 0.717) is 16.8 Å². The third-order valence-corrected chi connectivity index (χ3v) is 4.11. The minimum absolute atomic E-state index is 0.246. The number of hydrogen-bond donors (Lipinski definition) is 1. The van der Waals surface area contributed by atoms with Crippen LogP contribution in [-0.2, 0) is 6.42 Å². The van der Waals surface area contributed by atoms with Gasteiger partial charge < -0.3 is 5.32 Å². The van der Waals surface area contributed by atoms with E-state index in [-0.39, 0.29) is 12.3 Å². The Hall–Kier alpha value is -2.94. The van der Waals surface area contributed by atoms with Crippen LogP contribution in [-0.4, -0.2) is 5.91 Å². The molecule has 3 aromatic carbocycles. The van der Waals surface area contributed by atoms with Crippen molar-refractivity contribution in [3.63, 3.8) is 0 Å². The summed E-state index contributed by atoms with van der Waals surface area (Å²) in [6.45, 7) is 2.00. The zero-order valence-corrected chi connectivity index (χ0v) is 14.1. The van der Waals surface area contributed by atoms with Crippen molar-refractivity contribution in [3.8, 4) is 0 Å². The number of hydrogen-bond acceptors (Lipinski definition) is 1. The molecule has 0 bridgehead atoms. The van der Waals surface area contributed by atoms with Crippen LogP contribution in [0.2, 0.25) is 0 Å². The van der Waals surface area contributed by atoms with Crippen LogP contribution in [0.1, 0.15) is 33.2 Å². The Morgan fingerprint density at radius 1 is 0.920 bits per heavy atom. The molecule has 25 heavy (non-hydrogen) atoms. The minimum atomic E-state index is -1.24. The van der Waals surface area contributed by atoms with Crippen molar-refractivity contribution >= 4 is 11.6 Å². The second-order valence-electron chi connectivity index (χ2n) is 6.06. The molecule has 0 radical (unpaired) electrons. The van der Waals surface area contributed by atoms with Gasteiger partial charge in [0.1, 0.15) is 6.17 Å². The molecular formula is C22H20FNO. The summed E-state index contributed by atoms with van der Waals surface area (Å²) in [5, 5.41) is 2.82. The standard InChI is InChI=1S/C22H20FNO/c1-16-11-13-17(14-12-16)15-21(23)19-9-5-6-10-20(19)22(25)24-18-7-3-2-4-8-18/h2-14,21H,15H2,1H3,(H,24,25)/t21-/m1/s1. The van der Waals surface area contributed by atoms with Crippen LogP contribution in [0.4, 0.5) is 10.1 Å². The molecule has 2 nitrogen and oxygen atoms in total. The number of carbonyl (C=O) groups is 1. The monoisotopic (exact) mass is 333 g/mol. The first-order valence-electron chi connectivity index (χ1n) is 8.28. The van der Waals surface area contributed by atoms with Crippen molar-refractivity contribution in [1.82, 2.24) is 0 Å². The average molecular weight is 333 g/mol. The van der Waals surface area contributed by atoms with E-state index in [1.807, 2.05) is 49.4 Å². The summed E-state index contributed by atoms with van der Waals surface area (Å²) < 4.78 is 14.9. The fourth-order valence-corrected chi connectivity index (χ4v) is 2.74. The summed E-state index contributed by atoms with van der Waals surface area (Å²) in [6, 6.07) is 23.8. The molecule has 0 unspecified atom stereocenters. The second-order valence-corrected chi connectivity index (χ2v) is 6.06. The Balaban J connectivity index is 1.80. The largest absolute Gasteiger partial charge is 0.322 e. The fraction of sp³-hybridized carbons (Fsp3) is 0.136. The number of rotatable bonds is 5. The summed E-state index contributed by atoms with van der Waals surface area (Å²) >= 11 is 0. The Morgan fingerprint density at radius 2 is 1.56 bits per heavy atom. The number of alkyl halides is 1. The van der Waals surface area contributed by atoms with E-state index < -0.39 is 6.17 Å². The summed E-state index contributed by atoms with van der Waals surface area (Å²) in [7, 11) is 0. The number of halogens is 1. The lowest BCUT2D eigenvalue weighted by atomic mass is 9.97. The van der Waals surface area contributed by atoms with Gasteiger partial charge in [-0.05, 0) is 36.2 Å². The van der Waals surface area contributed by atoms with Crippen LogP contribution in [0, 0.1) is 6.92 Å². The first-order chi connectivity index (χ1) is 12.1. The van der Waals surface area contributed by atoms with Gasteiger partial charge in [0.15, 0.2) is 0 Å². The maximum atomic E-state index is 14.9. The predicted octanol–water partition coefficient (Wildman–Crippen LogP) is 5.50. The maximum absolute atomic E-state index is 14.9. The van der Waals surface area contributed by atoms with E-state index >= 15 is 0 Å². The normalized spacial score (nSPS) is 11.8. The van der Waals surface area contributed by atoms with Gasteiger partial charge >= 0.3 is 0 Å². The van der Waals surface area contributed by atoms with Crippen LogP contribution in [0.3, 0.4) is 0 Å². The molecule has 3 aromatic rings. The van der Waals surface area contributed by atoms with Crippen molar-refractivity contribution in [2.24, 2.45) is 0 Å². The van der Waals surface area contributed by atoms with Crippen LogP contribution in [0.5, 0.6) is 0 Å². The van der Waals surface area contributed by atoms with Gasteiger partial charge in [-0.15, -0.1) is 0 Å². The number of aryl methyl sites for hydroxylation is 1. The van der Waals surface area contributed by atoms with E-state index in [1.54, 1.807) is 36.4 Å². The summed E-state index contributed by atoms with van der Waals surface area (Å²) in [4.78, 5) is 12.6. The predicted molar refractivity (Wildman–Crippen MR) is 99.6 cm³/mol. The Bertz CT molecular complexity index is 843. The maximum Gasteiger partial charge on any atom is 0.256 e. The summed E-state index contributed by atoms with van der Waals surface area (Å²) in [5.41, 5.74) is 3.52. The lowest BCUT2D eigenvalue weighted by Crippen LogP contribution is -2.15. The van der Waals surface area contributed by atoms with Crippen molar-refractivity contribution in [3.05, 3.63) is 101 Å². The quantitative estimate of drug-likeness (QED) is 0.656. The molecule has 1 atom stereocenters. The molecular weight excluding hydrogens is 313 g/mol. The third-order valence-electron chi connectivity index (χ3n) is 4.11. The van der Waals surface area contributed by atoms with Crippen LogP contribution in [0.25, 0.3) is 0 Å². The van der Waals surface area contributed by atoms with Crippen LogP contribution >= 0.6 is 0 Å². The zero-order valence-electron chi connectivity index (χ0n) is 14.1. The summed E-state index contributed by atoms with van der Waals surface area (Å²) in [5.74, 6) is -0.298. The molecule has 0 aliphatic carbocycles. The SMILES string of the molecule is Cc1ccc(C[C@@H](F)c2ccccc2C(=O)Nc2ccccc2)cc1. The van der Waals surface area contributed by atoms with Crippen molar-refractivity contribution in [1.29, 1.82) is 0 Å². The van der Waals surface area contributed by atoms with Gasteiger partial charge in [-0.1, -0.05) is 66.2 Å². The van der Waals surface area contributed by atoms with E-state index in [0.717, 1.165) is 11.1 Å². The molecule has 126 valence electrons. The molecule has 3 heteroatoms. The molecule has 0 aliphatic rings. The van der Waals surface area contributed by atoms with Gasteiger partial charge in [-0.3, -0.25) is 4.79 Å². The lowest BCUT2D eigenvalue weighted by molar-refractivity contribution is 0.102. The van der Waals surface area contributed by atoms with Gasteiger partial charge in [0.25, 0.3) is 5.91 Å². The molecule has 1 N–H and O–H groups in total. The highest BCUT2D eigenvalue weighted by atomic mass is 19.1. The first kappa shape index (κ1) is 16.9. The number of anilines is 1. The molecule has 0 fully saturated rings. The van der Waals surface area contributed by atoms with Gasteiger partial charge in [0, 0.05) is 17.7 Å². The molecule has 0 heterocycles. The Labute approximate surface area is 147 Å². The van der Waals surface area contributed by atoms with Gasteiger partial charge in [-0.25, -0.2) is 4.39 Å². The lowest BCUT2D eigenvalue weighted by Gasteiger charge is -2.14. The molecule has 3 rings (SSSR count). The van der Waals surface area contributed by atoms with Crippen LogP contribution in [0.15, 0.2) is 78.9 Å². The summed E-state index contributed by atoms with van der Waals surface area (Å²) in [6.07, 6.45) is -0.990. The number of benzene rings is 3. The average Bonchev–Trinajstić information content (AvgIpc) is 2.64. The molecule has 0 saturated heterocycles. The molecule has 0 spiro atoms. The fourth-order valence-electron chi connectivity index (χ4n) is 2.74. The number of carbonyl (C=O) groups excluding carboxylic acids is 1. The Morgan fingerprint density at radius 3 is 2.28 bits per heavy atom. The highest BCUT2D eigenvalue weighted by molar-refractivity contribution is 6.05. The van der Waals surface area contributed by atoms with Crippen molar-refractivity contribution in [2.75, 3.05) is 5.32 Å². The van der Waals surface area contributed by atoms with E-state index in [1.165, 1.54) is 0 Å². The highest BCUT2D eigenvalue weighted by Crippen LogP contribution is 2.26. The van der Waals surface area contributed by atoms with Gasteiger partial charge in [0.2, 0.25) is 0 Å². The molecule has 0 saturated carbocycles. The Kier molecular flexibility index (Phi) is 5.24. The first-order valence-corrected chi connectivity index (χ1v) is 8.28. The van der Waals surface area contributed by atoms with Crippen molar-refractivity contribution in [2.45, 2.75) is 19.5 Å². The number of para-hydroxylation sites is 1. The van der Waals surface area contributed by atoms with Gasteiger partial charge in [-0.2, -0.15) is 0 Å². The number of nitrogens with one attached hydrogen (secondary N) is 1. The van der Waals surface area contributed by atoms with E-state index in [9.17, 15) is 9.18 Å². The van der Waals surface area contributed by atoms with E-state index in [2.05, 4.69) is 5.32 Å². The van der Waals surface area contributed by atoms with E-state index in [4.69, 9.17) is 0 Å². The second kappa shape index (κ2) is 7.75. The third kappa shape index (κ3) is 4.32. The zero-order chi connectivity index (χ0) is 17.6. The molecule has 1 amide bonds. The number of amides is 1. The highest BCUT2D eigenvalue weighted by Gasteiger charge is 2.19. The van der Waals surface area contributed by atoms with Gasteiger partial charge in [0.05, 0.1) is 0 Å². The molecule has 0 aliphatic heterocycles. The van der Waals surface area contributed by atoms with Crippen molar-refractivity contribution < 1.29 is 9.18 Å². The smallest absolute Gasteiger partial charge is 0.256 e.